The van der Waals surface area contributed by atoms with E-state index >= 15 is 0 Å². The summed E-state index contributed by atoms with van der Waals surface area (Å²) in [5, 5.41) is 0. The zero-order valence-corrected chi connectivity index (χ0v) is 17.4. The lowest BCUT2D eigenvalue weighted by atomic mass is 10.1. The molecule has 3 aromatic carbocycles. The van der Waals surface area contributed by atoms with Crippen molar-refractivity contribution in [3.8, 4) is 0 Å². The van der Waals surface area contributed by atoms with Crippen molar-refractivity contribution in [2.75, 3.05) is 0 Å². The highest BCUT2D eigenvalue weighted by atomic mass is 19.1. The highest BCUT2D eigenvalue weighted by molar-refractivity contribution is 5.23. The third-order valence-corrected chi connectivity index (χ3v) is 4.42. The number of benzene rings is 3. The van der Waals surface area contributed by atoms with E-state index in [4.69, 9.17) is 0 Å². The predicted molar refractivity (Wildman–Crippen MR) is 117 cm³/mol. The Bertz CT molecular complexity index is 758. The van der Waals surface area contributed by atoms with Crippen LogP contribution in [-0.4, -0.2) is 0 Å². The number of halogens is 1. The maximum absolute atomic E-state index is 12.8. The van der Waals surface area contributed by atoms with Gasteiger partial charge >= 0.3 is 0 Å². The third-order valence-electron chi connectivity index (χ3n) is 4.42. The van der Waals surface area contributed by atoms with Gasteiger partial charge in [-0.15, -0.1) is 0 Å². The average molecular weight is 365 g/mol. The second-order valence-electron chi connectivity index (χ2n) is 6.62. The molecule has 0 atom stereocenters. The third kappa shape index (κ3) is 9.19. The van der Waals surface area contributed by atoms with Gasteiger partial charge in [-0.2, -0.15) is 0 Å². The first-order chi connectivity index (χ1) is 13.0. The van der Waals surface area contributed by atoms with Gasteiger partial charge in [-0.05, 0) is 61.4 Å². The van der Waals surface area contributed by atoms with Crippen molar-refractivity contribution in [2.45, 2.75) is 53.9 Å². The van der Waals surface area contributed by atoms with Gasteiger partial charge in [-0.1, -0.05) is 93.1 Å². The SMILES string of the molecule is CCc1ccc(C)c(F)c1.CCc1ccc(C)cc1.CCc1ccccc1. The molecule has 3 rings (SSSR count). The zero-order chi connectivity index (χ0) is 20.1. The smallest absolute Gasteiger partial charge is 0.126 e. The summed E-state index contributed by atoms with van der Waals surface area (Å²) in [7, 11) is 0. The molecule has 0 saturated carbocycles. The molecule has 0 fully saturated rings. The minimum absolute atomic E-state index is 0.0978. The Morgan fingerprint density at radius 3 is 1.52 bits per heavy atom. The summed E-state index contributed by atoms with van der Waals surface area (Å²) in [5.74, 6) is -0.0978. The lowest BCUT2D eigenvalue weighted by Crippen LogP contribution is -1.85. The fourth-order valence-corrected chi connectivity index (χ4v) is 2.39. The van der Waals surface area contributed by atoms with Crippen LogP contribution in [0.4, 0.5) is 4.39 Å². The van der Waals surface area contributed by atoms with Crippen LogP contribution in [0.2, 0.25) is 0 Å². The minimum Gasteiger partial charge on any atom is -0.207 e. The van der Waals surface area contributed by atoms with E-state index < -0.39 is 0 Å². The van der Waals surface area contributed by atoms with Gasteiger partial charge in [0.05, 0.1) is 0 Å². The monoisotopic (exact) mass is 364 g/mol. The molecule has 0 saturated heterocycles. The Morgan fingerprint density at radius 1 is 0.593 bits per heavy atom. The highest BCUT2D eigenvalue weighted by Crippen LogP contribution is 2.08. The Kier molecular flexibility index (Phi) is 10.8. The van der Waals surface area contributed by atoms with Gasteiger partial charge < -0.3 is 0 Å². The summed E-state index contributed by atoms with van der Waals surface area (Å²) in [5.41, 5.74) is 5.94. The molecule has 144 valence electrons. The van der Waals surface area contributed by atoms with Crippen molar-refractivity contribution in [2.24, 2.45) is 0 Å². The summed E-state index contributed by atoms with van der Waals surface area (Å²) >= 11 is 0. The van der Waals surface area contributed by atoms with E-state index in [1.165, 1.54) is 16.7 Å². The normalized spacial score (nSPS) is 9.56. The predicted octanol–water partition coefficient (Wildman–Crippen LogP) is 7.50. The molecule has 0 spiro atoms. The number of hydrogen-bond donors (Lipinski definition) is 0. The first kappa shape index (κ1) is 22.6. The standard InChI is InChI=1S/C9H11F.C9H12.C8H10/c1-3-8-5-4-7(2)9(10)6-8;1-3-9-6-4-8(2)5-7-9;1-2-8-6-4-3-5-7-8/h4-6H,3H2,1-2H3;4-7H,3H2,1-2H3;3-7H,2H2,1H3. The van der Waals surface area contributed by atoms with E-state index in [2.05, 4.69) is 69.3 Å². The number of rotatable bonds is 3. The molecule has 0 bridgehead atoms. The second-order valence-corrected chi connectivity index (χ2v) is 6.62. The van der Waals surface area contributed by atoms with E-state index in [-0.39, 0.29) is 5.82 Å². The lowest BCUT2D eigenvalue weighted by Gasteiger charge is -1.98. The Morgan fingerprint density at radius 2 is 1.07 bits per heavy atom. The molecule has 0 unspecified atom stereocenters. The molecule has 0 aromatic heterocycles. The van der Waals surface area contributed by atoms with Crippen LogP contribution in [0.3, 0.4) is 0 Å². The van der Waals surface area contributed by atoms with Gasteiger partial charge in [-0.25, -0.2) is 4.39 Å². The maximum atomic E-state index is 12.8. The zero-order valence-electron chi connectivity index (χ0n) is 17.4. The average Bonchev–Trinajstić information content (AvgIpc) is 2.72. The van der Waals surface area contributed by atoms with Gasteiger partial charge in [0.15, 0.2) is 0 Å². The van der Waals surface area contributed by atoms with E-state index in [0.29, 0.717) is 0 Å². The van der Waals surface area contributed by atoms with Crippen LogP contribution in [0.1, 0.15) is 48.6 Å². The van der Waals surface area contributed by atoms with Crippen molar-refractivity contribution in [3.05, 3.63) is 106 Å². The molecule has 0 aliphatic heterocycles. The van der Waals surface area contributed by atoms with Crippen LogP contribution in [0.25, 0.3) is 0 Å². The molecule has 27 heavy (non-hydrogen) atoms. The van der Waals surface area contributed by atoms with Gasteiger partial charge in [0.2, 0.25) is 0 Å². The summed E-state index contributed by atoms with van der Waals surface area (Å²) in [6, 6.07) is 24.5. The van der Waals surface area contributed by atoms with Crippen molar-refractivity contribution >= 4 is 0 Å². The van der Waals surface area contributed by atoms with Crippen LogP contribution < -0.4 is 0 Å². The van der Waals surface area contributed by atoms with Gasteiger partial charge in [0, 0.05) is 0 Å². The lowest BCUT2D eigenvalue weighted by molar-refractivity contribution is 0.616. The molecule has 0 nitrogen and oxygen atoms in total. The topological polar surface area (TPSA) is 0 Å². The summed E-state index contributed by atoms with van der Waals surface area (Å²) < 4.78 is 12.8. The molecule has 3 aromatic rings. The molecule has 0 amide bonds. The van der Waals surface area contributed by atoms with Gasteiger partial charge in [0.25, 0.3) is 0 Å². The van der Waals surface area contributed by atoms with E-state index in [1.54, 1.807) is 13.0 Å². The summed E-state index contributed by atoms with van der Waals surface area (Å²) in [6.45, 7) is 10.2. The highest BCUT2D eigenvalue weighted by Gasteiger charge is 1.95. The first-order valence-corrected chi connectivity index (χ1v) is 9.84. The van der Waals surface area contributed by atoms with Crippen LogP contribution in [0, 0.1) is 19.7 Å². The van der Waals surface area contributed by atoms with Gasteiger partial charge in [0.1, 0.15) is 5.82 Å². The molecule has 0 radical (unpaired) electrons. The fourth-order valence-electron chi connectivity index (χ4n) is 2.39. The van der Waals surface area contributed by atoms with Crippen LogP contribution in [-0.2, 0) is 19.3 Å². The molecular formula is C26H33F. The fraction of sp³-hybridized carbons (Fsp3) is 0.308. The molecule has 0 aliphatic carbocycles. The van der Waals surface area contributed by atoms with Crippen molar-refractivity contribution < 1.29 is 4.39 Å². The first-order valence-electron chi connectivity index (χ1n) is 9.84. The maximum Gasteiger partial charge on any atom is 0.126 e. The summed E-state index contributed by atoms with van der Waals surface area (Å²) in [6.07, 6.45) is 3.18. The van der Waals surface area contributed by atoms with E-state index in [9.17, 15) is 4.39 Å². The molecule has 0 heterocycles. The van der Waals surface area contributed by atoms with E-state index in [1.807, 2.05) is 25.1 Å². The molecule has 1 heteroatoms. The van der Waals surface area contributed by atoms with Crippen molar-refractivity contribution in [3.63, 3.8) is 0 Å². The van der Waals surface area contributed by atoms with E-state index in [0.717, 1.165) is 30.4 Å². The van der Waals surface area contributed by atoms with Crippen LogP contribution in [0.5, 0.6) is 0 Å². The number of aryl methyl sites for hydroxylation is 5. The molecule has 0 aliphatic rings. The minimum atomic E-state index is -0.0978. The van der Waals surface area contributed by atoms with Crippen LogP contribution in [0.15, 0.2) is 72.8 Å². The van der Waals surface area contributed by atoms with Crippen LogP contribution >= 0.6 is 0 Å². The van der Waals surface area contributed by atoms with Crippen molar-refractivity contribution in [1.82, 2.24) is 0 Å². The largest absolute Gasteiger partial charge is 0.207 e. The van der Waals surface area contributed by atoms with Crippen molar-refractivity contribution in [1.29, 1.82) is 0 Å². The molecule has 0 N–H and O–H groups in total. The number of hydrogen-bond acceptors (Lipinski definition) is 0. The Balaban J connectivity index is 0.000000204. The summed E-state index contributed by atoms with van der Waals surface area (Å²) in [4.78, 5) is 0. The van der Waals surface area contributed by atoms with Gasteiger partial charge in [-0.3, -0.25) is 0 Å². The quantitative estimate of drug-likeness (QED) is 0.451. The Labute approximate surface area is 165 Å². The Hall–Kier alpha value is -2.41. The molecular weight excluding hydrogens is 331 g/mol. The second kappa shape index (κ2) is 12.9.